The van der Waals surface area contributed by atoms with E-state index in [1.165, 1.54) is 19.2 Å². The number of likely N-dealkylation sites (N-methyl/N-ethyl adjacent to an activating group) is 1. The van der Waals surface area contributed by atoms with Crippen LogP contribution in [-0.4, -0.2) is 34.0 Å². The minimum absolute atomic E-state index is 0.0519. The zero-order chi connectivity index (χ0) is 19.8. The van der Waals surface area contributed by atoms with Crippen molar-refractivity contribution in [1.29, 1.82) is 0 Å². The molecule has 8 nitrogen and oxygen atoms in total. The zero-order valence-electron chi connectivity index (χ0n) is 14.9. The third-order valence-corrected chi connectivity index (χ3v) is 4.34. The largest absolute Gasteiger partial charge is 0.508 e. The molecule has 2 aromatic rings. The second-order valence-electron chi connectivity index (χ2n) is 6.35. The number of carbonyl (C=O) groups excluding carboxylic acids is 2. The van der Waals surface area contributed by atoms with E-state index < -0.39 is 23.6 Å². The molecule has 8 heteroatoms. The van der Waals surface area contributed by atoms with Crippen molar-refractivity contribution in [2.45, 2.75) is 25.4 Å². The Hall–Kier alpha value is -2.94. The van der Waals surface area contributed by atoms with Gasteiger partial charge in [0, 0.05) is 25.2 Å². The van der Waals surface area contributed by atoms with E-state index in [1.807, 2.05) is 0 Å². The van der Waals surface area contributed by atoms with E-state index in [9.17, 15) is 19.8 Å². The third kappa shape index (κ3) is 3.50. The molecular weight excluding hydrogens is 352 g/mol. The number of benzene rings is 2. The van der Waals surface area contributed by atoms with Crippen molar-refractivity contribution in [2.24, 2.45) is 0 Å². The summed E-state index contributed by atoms with van der Waals surface area (Å²) >= 11 is 0. The van der Waals surface area contributed by atoms with Gasteiger partial charge in [-0.25, -0.2) is 9.90 Å². The highest BCUT2D eigenvalue weighted by molar-refractivity contribution is 6.34. The van der Waals surface area contributed by atoms with Crippen molar-refractivity contribution >= 4 is 17.4 Å². The van der Waals surface area contributed by atoms with Gasteiger partial charge >= 0.3 is 5.91 Å². The maximum Gasteiger partial charge on any atom is 0.313 e. The van der Waals surface area contributed by atoms with Crippen LogP contribution in [0.5, 0.6) is 5.75 Å². The van der Waals surface area contributed by atoms with Crippen LogP contribution in [0.4, 0.5) is 5.69 Å². The molecule has 0 radical (unpaired) electrons. The standard InChI is InChI=1S/C19H20N2O6/c1-11(22)18(24)21(2)27-19(25)16-8-5-14(20)9-13(16)10-26-17(19)12-3-6-15(23)7-4-12/h3-9,17,23,25H,10,20H2,1-2H3. The fourth-order valence-electron chi connectivity index (χ4n) is 3.05. The second kappa shape index (κ2) is 6.99. The van der Waals surface area contributed by atoms with Crippen LogP contribution in [0.3, 0.4) is 0 Å². The van der Waals surface area contributed by atoms with Gasteiger partial charge in [0.25, 0.3) is 0 Å². The number of Topliss-reactive ketones (excluding diaryl/α,β-unsaturated/α-hetero) is 1. The number of nitrogens with zero attached hydrogens (tertiary/aromatic N) is 1. The van der Waals surface area contributed by atoms with Crippen LogP contribution >= 0.6 is 0 Å². The summed E-state index contributed by atoms with van der Waals surface area (Å²) in [5.41, 5.74) is 7.76. The number of ether oxygens (including phenoxy) is 1. The van der Waals surface area contributed by atoms with Crippen molar-refractivity contribution in [3.63, 3.8) is 0 Å². The van der Waals surface area contributed by atoms with E-state index >= 15 is 0 Å². The summed E-state index contributed by atoms with van der Waals surface area (Å²) in [4.78, 5) is 28.9. The fraction of sp³-hybridized carbons (Fsp3) is 0.263. The SMILES string of the molecule is CC(=O)C(=O)N(C)OC1(O)c2ccc(N)cc2COC1c1ccc(O)cc1. The molecule has 2 atom stereocenters. The van der Waals surface area contributed by atoms with Crippen molar-refractivity contribution in [3.8, 4) is 5.75 Å². The maximum absolute atomic E-state index is 12.0. The number of hydroxylamine groups is 2. The Balaban J connectivity index is 2.07. The summed E-state index contributed by atoms with van der Waals surface area (Å²) in [5.74, 6) is -3.71. The first-order valence-electron chi connectivity index (χ1n) is 8.22. The quantitative estimate of drug-likeness (QED) is 0.321. The van der Waals surface area contributed by atoms with Crippen LogP contribution in [0.1, 0.15) is 29.7 Å². The summed E-state index contributed by atoms with van der Waals surface area (Å²) in [7, 11) is 1.24. The molecule has 0 saturated carbocycles. The minimum Gasteiger partial charge on any atom is -0.508 e. The normalized spacial score (nSPS) is 21.4. The highest BCUT2D eigenvalue weighted by Crippen LogP contribution is 2.45. The molecule has 1 amide bonds. The van der Waals surface area contributed by atoms with Gasteiger partial charge < -0.3 is 20.7 Å². The van der Waals surface area contributed by atoms with Gasteiger partial charge in [-0.2, -0.15) is 0 Å². The Kier molecular flexibility index (Phi) is 4.88. The molecule has 0 bridgehead atoms. The number of rotatable bonds is 4. The first kappa shape index (κ1) is 18.8. The Bertz CT molecular complexity index is 882. The van der Waals surface area contributed by atoms with Crippen LogP contribution < -0.4 is 5.73 Å². The molecule has 2 aromatic carbocycles. The maximum atomic E-state index is 12.0. The number of aliphatic hydroxyl groups is 1. The summed E-state index contributed by atoms with van der Waals surface area (Å²) in [6.45, 7) is 1.26. The van der Waals surface area contributed by atoms with Crippen LogP contribution in [0, 0.1) is 0 Å². The Morgan fingerprint density at radius 1 is 1.26 bits per heavy atom. The average Bonchev–Trinajstić information content (AvgIpc) is 2.62. The highest BCUT2D eigenvalue weighted by atomic mass is 16.8. The Morgan fingerprint density at radius 2 is 1.93 bits per heavy atom. The lowest BCUT2D eigenvalue weighted by Gasteiger charge is -2.42. The van der Waals surface area contributed by atoms with Gasteiger partial charge in [0.05, 0.1) is 6.61 Å². The first-order valence-corrected chi connectivity index (χ1v) is 8.22. The molecule has 0 fully saturated rings. The lowest BCUT2D eigenvalue weighted by Crippen LogP contribution is -2.48. The minimum atomic E-state index is -2.10. The number of nitrogens with two attached hydrogens (primary N) is 1. The average molecular weight is 372 g/mol. The number of hydrogen-bond acceptors (Lipinski definition) is 7. The molecule has 3 rings (SSSR count). The predicted molar refractivity (Wildman–Crippen MR) is 94.9 cm³/mol. The number of fused-ring (bicyclic) bond motifs is 1. The van der Waals surface area contributed by atoms with Crippen LogP contribution in [0.15, 0.2) is 42.5 Å². The van der Waals surface area contributed by atoms with Gasteiger partial charge in [-0.05, 0) is 35.4 Å². The van der Waals surface area contributed by atoms with E-state index in [2.05, 4.69) is 0 Å². The molecule has 0 spiro atoms. The van der Waals surface area contributed by atoms with E-state index in [-0.39, 0.29) is 12.4 Å². The summed E-state index contributed by atoms with van der Waals surface area (Å²) in [6, 6.07) is 10.9. The number of hydrogen-bond donors (Lipinski definition) is 3. The molecule has 4 N–H and O–H groups in total. The molecule has 27 heavy (non-hydrogen) atoms. The number of phenolic OH excluding ortho intramolecular Hbond substituents is 1. The fourth-order valence-corrected chi connectivity index (χ4v) is 3.05. The van der Waals surface area contributed by atoms with E-state index in [4.69, 9.17) is 15.3 Å². The highest BCUT2D eigenvalue weighted by Gasteiger charge is 2.48. The number of carbonyl (C=O) groups is 2. The first-order chi connectivity index (χ1) is 12.7. The number of ketones is 1. The van der Waals surface area contributed by atoms with E-state index in [0.29, 0.717) is 27.4 Å². The molecule has 1 heterocycles. The van der Waals surface area contributed by atoms with Crippen LogP contribution in [-0.2, 0) is 31.6 Å². The molecule has 142 valence electrons. The van der Waals surface area contributed by atoms with Gasteiger partial charge in [0.2, 0.25) is 11.6 Å². The molecule has 0 aliphatic carbocycles. The van der Waals surface area contributed by atoms with Gasteiger partial charge in [-0.15, -0.1) is 0 Å². The molecule has 1 aliphatic heterocycles. The monoisotopic (exact) mass is 372 g/mol. The lowest BCUT2D eigenvalue weighted by atomic mass is 9.88. The number of amides is 1. The van der Waals surface area contributed by atoms with Gasteiger partial charge in [-0.3, -0.25) is 9.59 Å². The van der Waals surface area contributed by atoms with Gasteiger partial charge in [0.15, 0.2) is 0 Å². The zero-order valence-corrected chi connectivity index (χ0v) is 14.9. The van der Waals surface area contributed by atoms with Crippen molar-refractivity contribution < 1.29 is 29.4 Å². The summed E-state index contributed by atoms with van der Waals surface area (Å²) < 4.78 is 5.81. The summed E-state index contributed by atoms with van der Waals surface area (Å²) in [5, 5.41) is 21.6. The molecule has 0 aromatic heterocycles. The Labute approximate surface area is 155 Å². The number of aromatic hydroxyl groups is 1. The topological polar surface area (TPSA) is 122 Å². The molecular formula is C19H20N2O6. The predicted octanol–water partition coefficient (Wildman–Crippen LogP) is 1.37. The van der Waals surface area contributed by atoms with Crippen molar-refractivity contribution in [1.82, 2.24) is 5.06 Å². The van der Waals surface area contributed by atoms with Crippen LogP contribution in [0.25, 0.3) is 0 Å². The Morgan fingerprint density at radius 3 is 2.56 bits per heavy atom. The molecule has 0 saturated heterocycles. The second-order valence-corrected chi connectivity index (χ2v) is 6.35. The van der Waals surface area contributed by atoms with E-state index in [0.717, 1.165) is 6.92 Å². The van der Waals surface area contributed by atoms with Crippen LogP contribution in [0.2, 0.25) is 0 Å². The molecule has 1 aliphatic rings. The lowest BCUT2D eigenvalue weighted by molar-refractivity contribution is -0.364. The molecule has 2 unspecified atom stereocenters. The number of anilines is 1. The smallest absolute Gasteiger partial charge is 0.313 e. The number of nitrogen functional groups attached to an aromatic ring is 1. The van der Waals surface area contributed by atoms with Gasteiger partial charge in [0.1, 0.15) is 11.9 Å². The third-order valence-electron chi connectivity index (χ3n) is 4.34. The number of phenols is 1. The van der Waals surface area contributed by atoms with Gasteiger partial charge in [-0.1, -0.05) is 18.2 Å². The van der Waals surface area contributed by atoms with Crippen molar-refractivity contribution in [2.75, 3.05) is 12.8 Å². The summed E-state index contributed by atoms with van der Waals surface area (Å²) in [6.07, 6.45) is -1.02. The van der Waals surface area contributed by atoms with Crippen molar-refractivity contribution in [3.05, 3.63) is 59.2 Å². The van der Waals surface area contributed by atoms with E-state index in [1.54, 1.807) is 30.3 Å².